The molecule has 0 fully saturated rings. The van der Waals surface area contributed by atoms with Gasteiger partial charge >= 0.3 is 0 Å². The molecule has 2 N–H and O–H groups in total. The summed E-state index contributed by atoms with van der Waals surface area (Å²) in [5.41, 5.74) is 2.54. The van der Waals surface area contributed by atoms with E-state index in [1.807, 2.05) is 6.92 Å². The molecule has 1 aromatic carbocycles. The average molecular weight is 343 g/mol. The minimum Gasteiger partial charge on any atom is -0.393 e. The van der Waals surface area contributed by atoms with Gasteiger partial charge in [-0.05, 0) is 51.8 Å². The van der Waals surface area contributed by atoms with E-state index in [0.717, 1.165) is 29.7 Å². The predicted molar refractivity (Wildman–Crippen MR) is 90.3 cm³/mol. The molecule has 0 aliphatic rings. The summed E-state index contributed by atoms with van der Waals surface area (Å²) in [7, 11) is 2.05. The second-order valence-electron chi connectivity index (χ2n) is 6.44. The van der Waals surface area contributed by atoms with Crippen LogP contribution in [-0.4, -0.2) is 30.3 Å². The van der Waals surface area contributed by atoms with Gasteiger partial charge in [-0.15, -0.1) is 0 Å². The third-order valence-corrected chi connectivity index (χ3v) is 3.91. The van der Waals surface area contributed by atoms with E-state index in [2.05, 4.69) is 72.2 Å². The van der Waals surface area contributed by atoms with Crippen LogP contribution in [0.4, 0.5) is 5.69 Å². The zero-order valence-corrected chi connectivity index (χ0v) is 14.8. The Hall–Kier alpha value is -0.580. The van der Waals surface area contributed by atoms with Crippen LogP contribution in [0.15, 0.2) is 22.7 Å². The van der Waals surface area contributed by atoms with Gasteiger partial charge in [0.05, 0.1) is 6.10 Å². The van der Waals surface area contributed by atoms with Crippen LogP contribution in [0.1, 0.15) is 39.7 Å². The third kappa shape index (κ3) is 6.25. The standard InChI is InChI=1S/C16H27BrN2O/c1-12(20)8-9-19(5)14-7-6-13(15(17)10-14)11-18-16(2,3)4/h6-7,10,12,18,20H,8-9,11H2,1-5H3. The Morgan fingerprint density at radius 3 is 2.50 bits per heavy atom. The van der Waals surface area contributed by atoms with Crippen LogP contribution in [0.25, 0.3) is 0 Å². The first-order valence-electron chi connectivity index (χ1n) is 7.11. The van der Waals surface area contributed by atoms with Gasteiger partial charge in [0, 0.05) is 35.8 Å². The van der Waals surface area contributed by atoms with Gasteiger partial charge in [0.15, 0.2) is 0 Å². The highest BCUT2D eigenvalue weighted by molar-refractivity contribution is 9.10. The van der Waals surface area contributed by atoms with E-state index in [0.29, 0.717) is 0 Å². The van der Waals surface area contributed by atoms with Crippen molar-refractivity contribution >= 4 is 21.6 Å². The molecule has 0 amide bonds. The number of nitrogens with zero attached hydrogens (tertiary/aromatic N) is 1. The molecule has 0 heterocycles. The first kappa shape index (κ1) is 17.5. The quantitative estimate of drug-likeness (QED) is 0.829. The Kier molecular flexibility index (Phi) is 6.49. The van der Waals surface area contributed by atoms with Crippen molar-refractivity contribution in [1.29, 1.82) is 0 Å². The summed E-state index contributed by atoms with van der Waals surface area (Å²) < 4.78 is 1.12. The maximum Gasteiger partial charge on any atom is 0.0528 e. The van der Waals surface area contributed by atoms with E-state index >= 15 is 0 Å². The number of rotatable bonds is 6. The zero-order valence-electron chi connectivity index (χ0n) is 13.2. The number of aliphatic hydroxyl groups is 1. The Bertz CT molecular complexity index is 427. The zero-order chi connectivity index (χ0) is 15.3. The van der Waals surface area contributed by atoms with Gasteiger partial charge in [-0.1, -0.05) is 22.0 Å². The van der Waals surface area contributed by atoms with Crippen LogP contribution >= 0.6 is 15.9 Å². The molecule has 4 heteroatoms. The highest BCUT2D eigenvalue weighted by Crippen LogP contribution is 2.24. The lowest BCUT2D eigenvalue weighted by Crippen LogP contribution is -2.35. The predicted octanol–water partition coefficient (Wildman–Crippen LogP) is 3.54. The molecule has 1 aromatic rings. The molecule has 1 unspecified atom stereocenters. The molecule has 0 saturated carbocycles. The molecular formula is C16H27BrN2O. The number of hydrogen-bond donors (Lipinski definition) is 2. The number of anilines is 1. The topological polar surface area (TPSA) is 35.5 Å². The van der Waals surface area contributed by atoms with Crippen LogP contribution in [-0.2, 0) is 6.54 Å². The minimum absolute atomic E-state index is 0.117. The fourth-order valence-corrected chi connectivity index (χ4v) is 2.29. The van der Waals surface area contributed by atoms with E-state index in [1.165, 1.54) is 5.56 Å². The lowest BCUT2D eigenvalue weighted by Gasteiger charge is -2.23. The molecule has 0 bridgehead atoms. The van der Waals surface area contributed by atoms with Crippen LogP contribution in [0, 0.1) is 0 Å². The highest BCUT2D eigenvalue weighted by atomic mass is 79.9. The maximum absolute atomic E-state index is 9.35. The molecular weight excluding hydrogens is 316 g/mol. The second-order valence-corrected chi connectivity index (χ2v) is 7.29. The lowest BCUT2D eigenvalue weighted by molar-refractivity contribution is 0.187. The Balaban J connectivity index is 2.67. The fraction of sp³-hybridized carbons (Fsp3) is 0.625. The molecule has 20 heavy (non-hydrogen) atoms. The van der Waals surface area contributed by atoms with Crippen molar-refractivity contribution in [1.82, 2.24) is 5.32 Å². The van der Waals surface area contributed by atoms with Crippen molar-refractivity contribution in [3.05, 3.63) is 28.2 Å². The highest BCUT2D eigenvalue weighted by Gasteiger charge is 2.11. The first-order valence-corrected chi connectivity index (χ1v) is 7.91. The number of aliphatic hydroxyl groups excluding tert-OH is 1. The van der Waals surface area contributed by atoms with Crippen molar-refractivity contribution in [3.63, 3.8) is 0 Å². The molecule has 0 spiro atoms. The molecule has 1 atom stereocenters. The first-order chi connectivity index (χ1) is 9.19. The van der Waals surface area contributed by atoms with Gasteiger partial charge < -0.3 is 15.3 Å². The molecule has 0 saturated heterocycles. The van der Waals surface area contributed by atoms with Crippen molar-refractivity contribution in [2.45, 2.75) is 52.3 Å². The summed E-state index contributed by atoms with van der Waals surface area (Å²) in [6.45, 7) is 10.0. The maximum atomic E-state index is 9.35. The number of hydrogen-bond acceptors (Lipinski definition) is 3. The average Bonchev–Trinajstić information content (AvgIpc) is 2.33. The monoisotopic (exact) mass is 342 g/mol. The van der Waals surface area contributed by atoms with E-state index in [1.54, 1.807) is 0 Å². The van der Waals surface area contributed by atoms with Crippen molar-refractivity contribution < 1.29 is 5.11 Å². The van der Waals surface area contributed by atoms with Crippen LogP contribution in [0.5, 0.6) is 0 Å². The largest absolute Gasteiger partial charge is 0.393 e. The Morgan fingerprint density at radius 1 is 1.35 bits per heavy atom. The second kappa shape index (κ2) is 7.43. The molecule has 0 aromatic heterocycles. The van der Waals surface area contributed by atoms with E-state index in [-0.39, 0.29) is 11.6 Å². The van der Waals surface area contributed by atoms with Crippen LogP contribution in [0.3, 0.4) is 0 Å². The molecule has 1 rings (SSSR count). The summed E-state index contributed by atoms with van der Waals surface area (Å²) in [6.07, 6.45) is 0.526. The SMILES string of the molecule is CC(O)CCN(C)c1ccc(CNC(C)(C)C)c(Br)c1. The molecule has 0 radical (unpaired) electrons. The lowest BCUT2D eigenvalue weighted by atomic mass is 10.1. The smallest absolute Gasteiger partial charge is 0.0528 e. The van der Waals surface area contributed by atoms with Crippen LogP contribution in [0.2, 0.25) is 0 Å². The van der Waals surface area contributed by atoms with Crippen molar-refractivity contribution in [2.24, 2.45) is 0 Å². The Morgan fingerprint density at radius 2 is 2.00 bits per heavy atom. The summed E-state index contributed by atoms with van der Waals surface area (Å²) in [6, 6.07) is 6.42. The molecule has 0 aliphatic carbocycles. The molecule has 0 aliphatic heterocycles. The van der Waals surface area contributed by atoms with E-state index in [4.69, 9.17) is 0 Å². The summed E-state index contributed by atoms with van der Waals surface area (Å²) >= 11 is 3.65. The van der Waals surface area contributed by atoms with Gasteiger partial charge in [0.2, 0.25) is 0 Å². The number of benzene rings is 1. The van der Waals surface area contributed by atoms with Crippen molar-refractivity contribution in [3.8, 4) is 0 Å². The van der Waals surface area contributed by atoms with Gasteiger partial charge in [-0.2, -0.15) is 0 Å². The fourth-order valence-electron chi connectivity index (χ4n) is 1.79. The van der Waals surface area contributed by atoms with Gasteiger partial charge in [0.1, 0.15) is 0 Å². The van der Waals surface area contributed by atoms with Gasteiger partial charge in [-0.3, -0.25) is 0 Å². The molecule has 114 valence electrons. The van der Waals surface area contributed by atoms with Crippen molar-refractivity contribution in [2.75, 3.05) is 18.5 Å². The van der Waals surface area contributed by atoms with E-state index in [9.17, 15) is 5.11 Å². The number of nitrogens with one attached hydrogen (secondary N) is 1. The third-order valence-electron chi connectivity index (χ3n) is 3.17. The summed E-state index contributed by atoms with van der Waals surface area (Å²) in [5, 5.41) is 12.8. The van der Waals surface area contributed by atoms with Crippen LogP contribution < -0.4 is 10.2 Å². The summed E-state index contributed by atoms with van der Waals surface area (Å²) in [4.78, 5) is 2.17. The van der Waals surface area contributed by atoms with Gasteiger partial charge in [-0.25, -0.2) is 0 Å². The molecule has 3 nitrogen and oxygen atoms in total. The Labute approximate surface area is 131 Å². The van der Waals surface area contributed by atoms with Gasteiger partial charge in [0.25, 0.3) is 0 Å². The number of halogens is 1. The minimum atomic E-state index is -0.254. The normalized spacial score (nSPS) is 13.3. The summed E-state index contributed by atoms with van der Waals surface area (Å²) in [5.74, 6) is 0. The van der Waals surface area contributed by atoms with E-state index < -0.39 is 0 Å².